The smallest absolute Gasteiger partial charge is 0.217 e. The number of anilines is 1. The summed E-state index contributed by atoms with van der Waals surface area (Å²) in [5, 5.41) is 5.72. The van der Waals surface area contributed by atoms with Crippen LogP contribution in [-0.4, -0.2) is 32.1 Å². The molecule has 1 aromatic rings. The second kappa shape index (κ2) is 6.85. The molecule has 1 amide bonds. The van der Waals surface area contributed by atoms with Crippen LogP contribution in [-0.2, 0) is 11.3 Å². The van der Waals surface area contributed by atoms with Gasteiger partial charge in [-0.25, -0.2) is 8.78 Å². The van der Waals surface area contributed by atoms with Crippen molar-refractivity contribution in [3.05, 3.63) is 29.3 Å². The first kappa shape index (κ1) is 15.7. The molecule has 4 nitrogen and oxygen atoms in total. The molecule has 0 spiro atoms. The lowest BCUT2D eigenvalue weighted by atomic mass is 10.0. The first-order valence-electron chi connectivity index (χ1n) is 7.16. The fourth-order valence-corrected chi connectivity index (χ4v) is 2.76. The van der Waals surface area contributed by atoms with Gasteiger partial charge in [-0.1, -0.05) is 0 Å². The highest BCUT2D eigenvalue weighted by Gasteiger charge is 2.24. The molecule has 6 heteroatoms. The molecule has 0 unspecified atom stereocenters. The van der Waals surface area contributed by atoms with E-state index in [1.54, 1.807) is 11.9 Å². The molecule has 1 aliphatic heterocycles. The van der Waals surface area contributed by atoms with Crippen molar-refractivity contribution < 1.29 is 13.6 Å². The van der Waals surface area contributed by atoms with Gasteiger partial charge in [-0.15, -0.1) is 0 Å². The third-order valence-electron chi connectivity index (χ3n) is 3.68. The van der Waals surface area contributed by atoms with E-state index in [-0.39, 0.29) is 17.6 Å². The van der Waals surface area contributed by atoms with Gasteiger partial charge in [-0.3, -0.25) is 4.79 Å². The highest BCUT2D eigenvalue weighted by Crippen LogP contribution is 2.27. The molecule has 1 aromatic carbocycles. The molecule has 0 bridgehead atoms. The van der Waals surface area contributed by atoms with Crippen LogP contribution in [0.15, 0.2) is 12.1 Å². The fraction of sp³-hybridized carbons (Fsp3) is 0.533. The molecular formula is C15H21F2N3O. The van der Waals surface area contributed by atoms with Crippen LogP contribution in [0.5, 0.6) is 0 Å². The molecule has 1 fully saturated rings. The molecule has 21 heavy (non-hydrogen) atoms. The van der Waals surface area contributed by atoms with Crippen molar-refractivity contribution in [1.29, 1.82) is 0 Å². The molecule has 1 saturated heterocycles. The normalized spacial score (nSPS) is 16.1. The summed E-state index contributed by atoms with van der Waals surface area (Å²) < 4.78 is 28.3. The van der Waals surface area contributed by atoms with Gasteiger partial charge in [-0.05, 0) is 37.6 Å². The first-order chi connectivity index (χ1) is 10.0. The second-order valence-corrected chi connectivity index (χ2v) is 5.40. The highest BCUT2D eigenvalue weighted by atomic mass is 19.1. The van der Waals surface area contributed by atoms with Crippen LogP contribution < -0.4 is 15.5 Å². The van der Waals surface area contributed by atoms with E-state index in [2.05, 4.69) is 10.6 Å². The van der Waals surface area contributed by atoms with E-state index in [4.69, 9.17) is 0 Å². The molecule has 0 atom stereocenters. The number of rotatable bonds is 4. The van der Waals surface area contributed by atoms with E-state index in [0.29, 0.717) is 38.0 Å². The van der Waals surface area contributed by atoms with Crippen molar-refractivity contribution in [3.8, 4) is 0 Å². The number of benzene rings is 1. The number of amides is 1. The maximum Gasteiger partial charge on any atom is 0.217 e. The number of piperidine rings is 1. The Kier molecular flexibility index (Phi) is 5.12. The summed E-state index contributed by atoms with van der Waals surface area (Å²) >= 11 is 0. The number of carbonyl (C=O) groups excluding carboxylic acids is 1. The summed E-state index contributed by atoms with van der Waals surface area (Å²) in [5.41, 5.74) is 0.625. The minimum Gasteiger partial charge on any atom is -0.367 e. The standard InChI is InChI=1S/C15H21F2N3O/c1-10(21)19-12-3-5-20(6-4-12)15-13(16)7-11(9-18-2)8-14(15)17/h7-8,12,18H,3-6,9H2,1-2H3,(H,19,21). The largest absolute Gasteiger partial charge is 0.367 e. The lowest BCUT2D eigenvalue weighted by Gasteiger charge is -2.34. The van der Waals surface area contributed by atoms with Gasteiger partial charge in [0, 0.05) is 32.6 Å². The maximum absolute atomic E-state index is 14.1. The summed E-state index contributed by atoms with van der Waals surface area (Å²) in [7, 11) is 1.73. The van der Waals surface area contributed by atoms with E-state index in [9.17, 15) is 13.6 Å². The Morgan fingerprint density at radius 2 is 1.86 bits per heavy atom. The molecule has 0 aromatic heterocycles. The van der Waals surface area contributed by atoms with Gasteiger partial charge in [0.15, 0.2) is 0 Å². The zero-order valence-corrected chi connectivity index (χ0v) is 12.4. The lowest BCUT2D eigenvalue weighted by molar-refractivity contribution is -0.119. The number of hydrogen-bond donors (Lipinski definition) is 2. The average Bonchev–Trinajstić information content (AvgIpc) is 2.39. The van der Waals surface area contributed by atoms with E-state index in [1.807, 2.05) is 0 Å². The first-order valence-corrected chi connectivity index (χ1v) is 7.16. The zero-order valence-electron chi connectivity index (χ0n) is 12.4. The second-order valence-electron chi connectivity index (χ2n) is 5.40. The van der Waals surface area contributed by atoms with Crippen molar-refractivity contribution in [3.63, 3.8) is 0 Å². The van der Waals surface area contributed by atoms with Crippen LogP contribution >= 0.6 is 0 Å². The molecule has 2 N–H and O–H groups in total. The Morgan fingerprint density at radius 3 is 2.33 bits per heavy atom. The van der Waals surface area contributed by atoms with Crippen molar-refractivity contribution in [2.45, 2.75) is 32.4 Å². The monoisotopic (exact) mass is 297 g/mol. The van der Waals surface area contributed by atoms with Crippen LogP contribution in [0.1, 0.15) is 25.3 Å². The van der Waals surface area contributed by atoms with Gasteiger partial charge >= 0.3 is 0 Å². The van der Waals surface area contributed by atoms with Gasteiger partial charge < -0.3 is 15.5 Å². The number of carbonyl (C=O) groups is 1. The molecule has 2 rings (SSSR count). The van der Waals surface area contributed by atoms with Gasteiger partial charge in [0.1, 0.15) is 17.3 Å². The number of halogens is 2. The Hall–Kier alpha value is -1.69. The van der Waals surface area contributed by atoms with Crippen molar-refractivity contribution >= 4 is 11.6 Å². The van der Waals surface area contributed by atoms with Crippen LogP contribution in [0.25, 0.3) is 0 Å². The van der Waals surface area contributed by atoms with Crippen LogP contribution in [0.2, 0.25) is 0 Å². The van der Waals surface area contributed by atoms with Crippen molar-refractivity contribution in [2.24, 2.45) is 0 Å². The van der Waals surface area contributed by atoms with Gasteiger partial charge in [0.05, 0.1) is 0 Å². The number of hydrogen-bond acceptors (Lipinski definition) is 3. The van der Waals surface area contributed by atoms with Gasteiger partial charge in [-0.2, -0.15) is 0 Å². The maximum atomic E-state index is 14.1. The molecule has 0 saturated carbocycles. The topological polar surface area (TPSA) is 44.4 Å². The van der Waals surface area contributed by atoms with E-state index in [0.717, 1.165) is 0 Å². The SMILES string of the molecule is CNCc1cc(F)c(N2CCC(NC(C)=O)CC2)c(F)c1. The van der Waals surface area contributed by atoms with Crippen molar-refractivity contribution in [1.82, 2.24) is 10.6 Å². The third kappa shape index (κ3) is 3.91. The summed E-state index contributed by atoms with van der Waals surface area (Å²) in [6.07, 6.45) is 1.38. The van der Waals surface area contributed by atoms with Crippen molar-refractivity contribution in [2.75, 3.05) is 25.0 Å². The quantitative estimate of drug-likeness (QED) is 0.890. The Balaban J connectivity index is 2.08. The van der Waals surface area contributed by atoms with Crippen LogP contribution in [0, 0.1) is 11.6 Å². The third-order valence-corrected chi connectivity index (χ3v) is 3.68. The minimum atomic E-state index is -0.529. The minimum absolute atomic E-state index is 0.0381. The lowest BCUT2D eigenvalue weighted by Crippen LogP contribution is -2.44. The molecule has 1 heterocycles. The highest BCUT2D eigenvalue weighted by molar-refractivity contribution is 5.73. The molecule has 0 aliphatic carbocycles. The predicted octanol–water partition coefficient (Wildman–Crippen LogP) is 1.79. The fourth-order valence-electron chi connectivity index (χ4n) is 2.76. The summed E-state index contributed by atoms with van der Waals surface area (Å²) in [5.74, 6) is -1.13. The van der Waals surface area contributed by atoms with E-state index < -0.39 is 11.6 Å². The van der Waals surface area contributed by atoms with E-state index in [1.165, 1.54) is 19.1 Å². The van der Waals surface area contributed by atoms with Gasteiger partial charge in [0.25, 0.3) is 0 Å². The predicted molar refractivity (Wildman–Crippen MR) is 78.2 cm³/mol. The Morgan fingerprint density at radius 1 is 1.29 bits per heavy atom. The van der Waals surface area contributed by atoms with Crippen LogP contribution in [0.4, 0.5) is 14.5 Å². The van der Waals surface area contributed by atoms with Gasteiger partial charge in [0.2, 0.25) is 5.91 Å². The molecular weight excluding hydrogens is 276 g/mol. The average molecular weight is 297 g/mol. The number of nitrogens with one attached hydrogen (secondary N) is 2. The molecule has 116 valence electrons. The molecule has 0 radical (unpaired) electrons. The van der Waals surface area contributed by atoms with E-state index >= 15 is 0 Å². The molecule has 1 aliphatic rings. The number of nitrogens with zero attached hydrogens (tertiary/aromatic N) is 1. The summed E-state index contributed by atoms with van der Waals surface area (Å²) in [4.78, 5) is 12.7. The Bertz CT molecular complexity index is 491. The zero-order chi connectivity index (χ0) is 15.4. The summed E-state index contributed by atoms with van der Waals surface area (Å²) in [6.45, 7) is 2.97. The summed E-state index contributed by atoms with van der Waals surface area (Å²) in [6, 6.07) is 2.83. The van der Waals surface area contributed by atoms with Crippen LogP contribution in [0.3, 0.4) is 0 Å². The Labute approximate surface area is 123 Å².